The van der Waals surface area contributed by atoms with Gasteiger partial charge < -0.3 is 9.84 Å². The SMILES string of the molecule is COc1cc(/C=C/C(=O)NN=C2CCN(Cc3ccccc3)CC2)ccc1O. The number of likely N-dealkylation sites (tertiary alicyclic amines) is 1. The number of methoxy groups -OCH3 is 1. The first kappa shape index (κ1) is 19.6. The number of aromatic hydroxyl groups is 1. The van der Waals surface area contributed by atoms with Gasteiger partial charge in [0, 0.05) is 44.3 Å². The van der Waals surface area contributed by atoms with Crippen molar-refractivity contribution in [1.82, 2.24) is 10.3 Å². The van der Waals surface area contributed by atoms with Gasteiger partial charge in [-0.2, -0.15) is 5.10 Å². The molecular formula is C22H25N3O3. The summed E-state index contributed by atoms with van der Waals surface area (Å²) < 4.78 is 5.06. The molecule has 1 aliphatic heterocycles. The minimum absolute atomic E-state index is 0.0640. The molecule has 0 atom stereocenters. The van der Waals surface area contributed by atoms with E-state index in [0.29, 0.717) is 5.75 Å². The van der Waals surface area contributed by atoms with Gasteiger partial charge in [-0.3, -0.25) is 9.69 Å². The van der Waals surface area contributed by atoms with Crippen LogP contribution in [0.2, 0.25) is 0 Å². The number of nitrogens with zero attached hydrogens (tertiary/aromatic N) is 2. The summed E-state index contributed by atoms with van der Waals surface area (Å²) in [6, 6.07) is 15.3. The average molecular weight is 379 g/mol. The van der Waals surface area contributed by atoms with Crippen LogP contribution in [0.15, 0.2) is 59.7 Å². The Morgan fingerprint density at radius 3 is 2.68 bits per heavy atom. The Kier molecular flexibility index (Phi) is 6.81. The van der Waals surface area contributed by atoms with Gasteiger partial charge in [-0.15, -0.1) is 0 Å². The predicted octanol–water partition coefficient (Wildman–Crippen LogP) is 3.18. The van der Waals surface area contributed by atoms with Crippen LogP contribution >= 0.6 is 0 Å². The van der Waals surface area contributed by atoms with Gasteiger partial charge in [-0.1, -0.05) is 36.4 Å². The molecule has 0 spiro atoms. The summed E-state index contributed by atoms with van der Waals surface area (Å²) in [5.41, 5.74) is 5.67. The molecule has 3 rings (SSSR count). The highest BCUT2D eigenvalue weighted by Crippen LogP contribution is 2.26. The number of benzene rings is 2. The Labute approximate surface area is 165 Å². The van der Waals surface area contributed by atoms with E-state index < -0.39 is 0 Å². The molecule has 0 saturated carbocycles. The van der Waals surface area contributed by atoms with Crippen molar-refractivity contribution in [1.29, 1.82) is 0 Å². The van der Waals surface area contributed by atoms with Gasteiger partial charge in [0.2, 0.25) is 0 Å². The number of nitrogens with one attached hydrogen (secondary N) is 1. The summed E-state index contributed by atoms with van der Waals surface area (Å²) >= 11 is 0. The predicted molar refractivity (Wildman–Crippen MR) is 110 cm³/mol. The number of hydrogen-bond acceptors (Lipinski definition) is 5. The third-order valence-electron chi connectivity index (χ3n) is 4.64. The smallest absolute Gasteiger partial charge is 0.264 e. The van der Waals surface area contributed by atoms with Crippen LogP contribution in [0.5, 0.6) is 11.5 Å². The third kappa shape index (κ3) is 5.69. The molecule has 6 heteroatoms. The van der Waals surface area contributed by atoms with Gasteiger partial charge in [-0.25, -0.2) is 5.43 Å². The van der Waals surface area contributed by atoms with Crippen LogP contribution in [0.25, 0.3) is 6.08 Å². The molecule has 2 N–H and O–H groups in total. The lowest BCUT2D eigenvalue weighted by atomic mass is 10.1. The highest BCUT2D eigenvalue weighted by Gasteiger charge is 2.15. The zero-order valence-electron chi connectivity index (χ0n) is 16.0. The van der Waals surface area contributed by atoms with Crippen LogP contribution < -0.4 is 10.2 Å². The third-order valence-corrected chi connectivity index (χ3v) is 4.64. The fourth-order valence-electron chi connectivity index (χ4n) is 3.06. The maximum absolute atomic E-state index is 12.0. The Morgan fingerprint density at radius 1 is 1.21 bits per heavy atom. The molecule has 1 amide bonds. The monoisotopic (exact) mass is 379 g/mol. The van der Waals surface area contributed by atoms with Gasteiger partial charge in [0.25, 0.3) is 5.91 Å². The minimum atomic E-state index is -0.286. The van der Waals surface area contributed by atoms with Crippen molar-refractivity contribution >= 4 is 17.7 Å². The van der Waals surface area contributed by atoms with Crippen molar-refractivity contribution in [2.75, 3.05) is 20.2 Å². The van der Waals surface area contributed by atoms with E-state index in [0.717, 1.165) is 43.8 Å². The zero-order valence-corrected chi connectivity index (χ0v) is 16.0. The molecule has 0 aromatic heterocycles. The molecule has 0 radical (unpaired) electrons. The van der Waals surface area contributed by atoms with E-state index >= 15 is 0 Å². The number of rotatable bonds is 6. The lowest BCUT2D eigenvalue weighted by Gasteiger charge is -2.27. The van der Waals surface area contributed by atoms with Gasteiger partial charge >= 0.3 is 0 Å². The van der Waals surface area contributed by atoms with Crippen LogP contribution in [0.4, 0.5) is 0 Å². The number of carbonyl (C=O) groups is 1. The Balaban J connectivity index is 1.46. The molecule has 146 valence electrons. The number of phenolic OH excluding ortho intramolecular Hbond substituents is 1. The van der Waals surface area contributed by atoms with Crippen LogP contribution in [0.1, 0.15) is 24.0 Å². The second kappa shape index (κ2) is 9.71. The summed E-state index contributed by atoms with van der Waals surface area (Å²) in [6.45, 7) is 2.82. The number of carbonyl (C=O) groups excluding carboxylic acids is 1. The van der Waals surface area contributed by atoms with E-state index in [1.807, 2.05) is 6.07 Å². The molecule has 2 aromatic carbocycles. The first-order valence-corrected chi connectivity index (χ1v) is 9.31. The minimum Gasteiger partial charge on any atom is -0.504 e. The molecule has 1 aliphatic rings. The molecular weight excluding hydrogens is 354 g/mol. The van der Waals surface area contributed by atoms with E-state index in [1.165, 1.54) is 24.8 Å². The van der Waals surface area contributed by atoms with Gasteiger partial charge in [0.15, 0.2) is 11.5 Å². The van der Waals surface area contributed by atoms with E-state index in [2.05, 4.69) is 39.7 Å². The molecule has 1 saturated heterocycles. The van der Waals surface area contributed by atoms with E-state index in [9.17, 15) is 9.90 Å². The lowest BCUT2D eigenvalue weighted by molar-refractivity contribution is -0.116. The van der Waals surface area contributed by atoms with Gasteiger partial charge in [-0.05, 0) is 29.3 Å². The molecule has 0 aliphatic carbocycles. The molecule has 1 heterocycles. The summed E-state index contributed by atoms with van der Waals surface area (Å²) in [6.07, 6.45) is 4.78. The highest BCUT2D eigenvalue weighted by atomic mass is 16.5. The summed E-state index contributed by atoms with van der Waals surface area (Å²) in [7, 11) is 1.48. The normalized spacial score (nSPS) is 14.8. The van der Waals surface area contributed by atoms with Crippen LogP contribution in [-0.4, -0.2) is 41.8 Å². The fourth-order valence-corrected chi connectivity index (χ4v) is 3.06. The van der Waals surface area contributed by atoms with Gasteiger partial charge in [0.1, 0.15) is 0 Å². The molecule has 0 unspecified atom stereocenters. The van der Waals surface area contributed by atoms with Crippen LogP contribution in [0, 0.1) is 0 Å². The maximum Gasteiger partial charge on any atom is 0.264 e. The average Bonchev–Trinajstić information content (AvgIpc) is 2.73. The molecule has 28 heavy (non-hydrogen) atoms. The standard InChI is InChI=1S/C22H25N3O3/c1-28-21-15-17(7-9-20(21)26)8-10-22(27)24-23-19-11-13-25(14-12-19)16-18-5-3-2-4-6-18/h2-10,15,26H,11-14,16H2,1H3,(H,24,27)/b10-8+. The zero-order chi connectivity index (χ0) is 19.8. The fraction of sp³-hybridized carbons (Fsp3) is 0.273. The Hall–Kier alpha value is -3.12. The molecule has 6 nitrogen and oxygen atoms in total. The topological polar surface area (TPSA) is 74.2 Å². The van der Waals surface area contributed by atoms with Crippen molar-refractivity contribution in [3.8, 4) is 11.5 Å². The highest BCUT2D eigenvalue weighted by molar-refractivity contribution is 5.93. The van der Waals surface area contributed by atoms with Crippen molar-refractivity contribution in [3.63, 3.8) is 0 Å². The summed E-state index contributed by atoms with van der Waals surface area (Å²) in [4.78, 5) is 14.4. The number of ether oxygens (including phenoxy) is 1. The molecule has 2 aromatic rings. The second-order valence-corrected chi connectivity index (χ2v) is 6.68. The number of amides is 1. The van der Waals surface area contributed by atoms with Crippen molar-refractivity contribution in [2.45, 2.75) is 19.4 Å². The van der Waals surface area contributed by atoms with Crippen LogP contribution in [-0.2, 0) is 11.3 Å². The van der Waals surface area contributed by atoms with Crippen molar-refractivity contribution in [2.24, 2.45) is 5.10 Å². The summed E-state index contributed by atoms with van der Waals surface area (Å²) in [5, 5.41) is 13.9. The lowest BCUT2D eigenvalue weighted by Crippen LogP contribution is -2.34. The van der Waals surface area contributed by atoms with Crippen molar-refractivity contribution in [3.05, 3.63) is 65.7 Å². The first-order chi connectivity index (χ1) is 13.6. The molecule has 0 bridgehead atoms. The Morgan fingerprint density at radius 2 is 1.96 bits per heavy atom. The van der Waals surface area contributed by atoms with Crippen molar-refractivity contribution < 1.29 is 14.6 Å². The van der Waals surface area contributed by atoms with E-state index in [1.54, 1.807) is 18.2 Å². The second-order valence-electron chi connectivity index (χ2n) is 6.68. The first-order valence-electron chi connectivity index (χ1n) is 9.31. The number of hydrogen-bond donors (Lipinski definition) is 2. The largest absolute Gasteiger partial charge is 0.504 e. The maximum atomic E-state index is 12.0. The quantitative estimate of drug-likeness (QED) is 0.597. The summed E-state index contributed by atoms with van der Waals surface area (Å²) in [5.74, 6) is 0.144. The van der Waals surface area contributed by atoms with Crippen LogP contribution in [0.3, 0.4) is 0 Å². The number of hydrazone groups is 1. The molecule has 1 fully saturated rings. The van der Waals surface area contributed by atoms with Gasteiger partial charge in [0.05, 0.1) is 7.11 Å². The van der Waals surface area contributed by atoms with E-state index in [-0.39, 0.29) is 11.7 Å². The number of piperidine rings is 1. The van der Waals surface area contributed by atoms with E-state index in [4.69, 9.17) is 4.74 Å². The number of phenols is 1. The Bertz CT molecular complexity index is 853.